The monoisotopic (exact) mass is 492 g/mol. The Morgan fingerprint density at radius 3 is 2.25 bits per heavy atom. The summed E-state index contributed by atoms with van der Waals surface area (Å²) in [6.07, 6.45) is 2.42. The molecule has 0 atom stereocenters. The lowest BCUT2D eigenvalue weighted by atomic mass is 9.96. The molecule has 2 aromatic carbocycles. The van der Waals surface area contributed by atoms with Crippen LogP contribution >= 0.6 is 24.0 Å². The highest BCUT2D eigenvalue weighted by molar-refractivity contribution is 14.0. The van der Waals surface area contributed by atoms with Crippen molar-refractivity contribution < 1.29 is 4.79 Å². The summed E-state index contributed by atoms with van der Waals surface area (Å²) in [6, 6.07) is 18.3. The Morgan fingerprint density at radius 2 is 1.68 bits per heavy atom. The number of halogens is 1. The average molecular weight is 492 g/mol. The van der Waals surface area contributed by atoms with Gasteiger partial charge < -0.3 is 16.0 Å². The molecule has 1 fully saturated rings. The first kappa shape index (κ1) is 22.2. The molecule has 1 amide bonds. The highest BCUT2D eigenvalue weighted by Crippen LogP contribution is 2.47. The van der Waals surface area contributed by atoms with Crippen LogP contribution in [0.5, 0.6) is 0 Å². The smallest absolute Gasteiger partial charge is 0.251 e. The largest absolute Gasteiger partial charge is 0.356 e. The van der Waals surface area contributed by atoms with Crippen LogP contribution < -0.4 is 16.0 Å². The molecule has 0 aliphatic heterocycles. The van der Waals surface area contributed by atoms with Gasteiger partial charge in [0, 0.05) is 37.7 Å². The van der Waals surface area contributed by atoms with E-state index in [2.05, 4.69) is 51.3 Å². The SMILES string of the molecule is CCNC(=O)c1ccc(CNC(=NC)NCC2(c3ccccc3)CC2)cc1.I. The van der Waals surface area contributed by atoms with Crippen molar-refractivity contribution in [2.45, 2.75) is 31.7 Å². The summed E-state index contributed by atoms with van der Waals surface area (Å²) >= 11 is 0. The Morgan fingerprint density at radius 1 is 1.00 bits per heavy atom. The summed E-state index contributed by atoms with van der Waals surface area (Å²) in [5.41, 5.74) is 3.43. The zero-order chi connectivity index (χ0) is 19.1. The fourth-order valence-corrected chi connectivity index (χ4v) is 3.21. The van der Waals surface area contributed by atoms with Gasteiger partial charge in [0.15, 0.2) is 5.96 Å². The second kappa shape index (κ2) is 10.5. The molecule has 0 bridgehead atoms. The Bertz CT molecular complexity index is 786. The Labute approximate surface area is 184 Å². The standard InChI is InChI=1S/C22H28N4O.HI/c1-3-24-20(27)18-11-9-17(10-12-18)15-25-21(23-2)26-16-22(13-14-22)19-7-5-4-6-8-19;/h4-12H,3,13-16H2,1-2H3,(H,24,27)(H2,23,25,26);1H. The number of carbonyl (C=O) groups is 1. The first-order valence-electron chi connectivity index (χ1n) is 9.54. The van der Waals surface area contributed by atoms with E-state index >= 15 is 0 Å². The minimum atomic E-state index is -0.0369. The van der Waals surface area contributed by atoms with E-state index in [1.54, 1.807) is 7.05 Å². The summed E-state index contributed by atoms with van der Waals surface area (Å²) < 4.78 is 0. The summed E-state index contributed by atoms with van der Waals surface area (Å²) in [4.78, 5) is 16.1. The average Bonchev–Trinajstić information content (AvgIpc) is 3.50. The van der Waals surface area contributed by atoms with E-state index < -0.39 is 0 Å². The van der Waals surface area contributed by atoms with Crippen molar-refractivity contribution in [2.24, 2.45) is 4.99 Å². The molecule has 5 nitrogen and oxygen atoms in total. The van der Waals surface area contributed by atoms with Gasteiger partial charge in [-0.15, -0.1) is 24.0 Å². The van der Waals surface area contributed by atoms with Crippen LogP contribution in [0.25, 0.3) is 0 Å². The maximum Gasteiger partial charge on any atom is 0.251 e. The molecule has 28 heavy (non-hydrogen) atoms. The molecule has 0 aromatic heterocycles. The summed E-state index contributed by atoms with van der Waals surface area (Å²) in [5, 5.41) is 9.62. The second-order valence-corrected chi connectivity index (χ2v) is 6.98. The van der Waals surface area contributed by atoms with Crippen molar-refractivity contribution in [3.05, 3.63) is 71.3 Å². The third-order valence-corrected chi connectivity index (χ3v) is 5.07. The minimum Gasteiger partial charge on any atom is -0.356 e. The molecular formula is C22H29IN4O. The molecule has 1 saturated carbocycles. The Hall–Kier alpha value is -2.09. The molecule has 0 radical (unpaired) electrons. The third kappa shape index (κ3) is 5.70. The Kier molecular flexibility index (Phi) is 8.29. The molecule has 2 aromatic rings. The van der Waals surface area contributed by atoms with Crippen molar-refractivity contribution in [3.63, 3.8) is 0 Å². The first-order valence-corrected chi connectivity index (χ1v) is 9.54. The van der Waals surface area contributed by atoms with Gasteiger partial charge >= 0.3 is 0 Å². The van der Waals surface area contributed by atoms with Crippen LogP contribution in [0.2, 0.25) is 0 Å². The number of nitrogens with one attached hydrogen (secondary N) is 3. The van der Waals surface area contributed by atoms with Gasteiger partial charge in [0.2, 0.25) is 0 Å². The zero-order valence-electron chi connectivity index (χ0n) is 16.5. The van der Waals surface area contributed by atoms with E-state index in [0.717, 1.165) is 18.1 Å². The van der Waals surface area contributed by atoms with Crippen LogP contribution in [0.4, 0.5) is 0 Å². The topological polar surface area (TPSA) is 65.5 Å². The summed E-state index contributed by atoms with van der Waals surface area (Å²) in [7, 11) is 1.79. The lowest BCUT2D eigenvalue weighted by Gasteiger charge is -2.19. The van der Waals surface area contributed by atoms with Gasteiger partial charge in [0.05, 0.1) is 0 Å². The predicted molar refractivity (Wildman–Crippen MR) is 125 cm³/mol. The quantitative estimate of drug-likeness (QED) is 0.315. The molecule has 0 saturated heterocycles. The zero-order valence-corrected chi connectivity index (χ0v) is 18.8. The second-order valence-electron chi connectivity index (χ2n) is 6.98. The number of hydrogen-bond donors (Lipinski definition) is 3. The van der Waals surface area contributed by atoms with E-state index in [1.807, 2.05) is 31.2 Å². The number of carbonyl (C=O) groups excluding carboxylic acids is 1. The molecule has 1 aliphatic rings. The van der Waals surface area contributed by atoms with Gasteiger partial charge in [0.25, 0.3) is 5.91 Å². The number of benzene rings is 2. The molecular weight excluding hydrogens is 463 g/mol. The molecule has 0 unspecified atom stereocenters. The van der Waals surface area contributed by atoms with Crippen molar-refractivity contribution in [1.29, 1.82) is 0 Å². The van der Waals surface area contributed by atoms with Gasteiger partial charge in [-0.3, -0.25) is 9.79 Å². The molecule has 0 spiro atoms. The number of guanidine groups is 1. The van der Waals surface area contributed by atoms with E-state index in [4.69, 9.17) is 0 Å². The number of rotatable bonds is 7. The van der Waals surface area contributed by atoms with Crippen molar-refractivity contribution in [1.82, 2.24) is 16.0 Å². The number of aliphatic imine (C=N–C) groups is 1. The molecule has 3 rings (SSSR count). The van der Waals surface area contributed by atoms with E-state index in [0.29, 0.717) is 18.7 Å². The predicted octanol–water partition coefficient (Wildman–Crippen LogP) is 3.45. The first-order chi connectivity index (χ1) is 13.2. The number of nitrogens with zero attached hydrogens (tertiary/aromatic N) is 1. The third-order valence-electron chi connectivity index (χ3n) is 5.07. The van der Waals surface area contributed by atoms with Crippen LogP contribution in [0.3, 0.4) is 0 Å². The number of hydrogen-bond acceptors (Lipinski definition) is 2. The van der Waals surface area contributed by atoms with Crippen molar-refractivity contribution in [3.8, 4) is 0 Å². The fraction of sp³-hybridized carbons (Fsp3) is 0.364. The minimum absolute atomic E-state index is 0. The van der Waals surface area contributed by atoms with Gasteiger partial charge in [-0.2, -0.15) is 0 Å². The molecule has 6 heteroatoms. The number of amides is 1. The van der Waals surface area contributed by atoms with Crippen LogP contribution in [0, 0.1) is 0 Å². The summed E-state index contributed by atoms with van der Waals surface area (Å²) in [6.45, 7) is 4.09. The normalized spacial score (nSPS) is 14.6. The highest BCUT2D eigenvalue weighted by atomic mass is 127. The van der Waals surface area contributed by atoms with Crippen LogP contribution in [0.1, 0.15) is 41.3 Å². The maximum atomic E-state index is 11.8. The van der Waals surface area contributed by atoms with Crippen LogP contribution in [0.15, 0.2) is 59.6 Å². The van der Waals surface area contributed by atoms with Gasteiger partial charge in [-0.25, -0.2) is 0 Å². The van der Waals surface area contributed by atoms with Gasteiger partial charge in [0.1, 0.15) is 0 Å². The fourth-order valence-electron chi connectivity index (χ4n) is 3.21. The molecule has 0 heterocycles. The summed E-state index contributed by atoms with van der Waals surface area (Å²) in [5.74, 6) is 0.759. The van der Waals surface area contributed by atoms with E-state index in [9.17, 15) is 4.79 Å². The molecule has 150 valence electrons. The lowest BCUT2D eigenvalue weighted by molar-refractivity contribution is 0.0956. The van der Waals surface area contributed by atoms with Crippen LogP contribution in [-0.2, 0) is 12.0 Å². The van der Waals surface area contributed by atoms with Crippen molar-refractivity contribution >= 4 is 35.8 Å². The maximum absolute atomic E-state index is 11.8. The van der Waals surface area contributed by atoms with Gasteiger partial charge in [-0.1, -0.05) is 42.5 Å². The van der Waals surface area contributed by atoms with Crippen LogP contribution in [-0.4, -0.2) is 32.0 Å². The lowest BCUT2D eigenvalue weighted by Crippen LogP contribution is -2.40. The van der Waals surface area contributed by atoms with Gasteiger partial charge in [-0.05, 0) is 43.0 Å². The molecule has 1 aliphatic carbocycles. The molecule has 3 N–H and O–H groups in total. The Balaban J connectivity index is 0.00000280. The van der Waals surface area contributed by atoms with Crippen molar-refractivity contribution in [2.75, 3.05) is 20.1 Å². The highest BCUT2D eigenvalue weighted by Gasteiger charge is 2.43. The van der Waals surface area contributed by atoms with E-state index in [-0.39, 0.29) is 35.3 Å². The van der Waals surface area contributed by atoms with E-state index in [1.165, 1.54) is 18.4 Å².